The fourth-order valence-corrected chi connectivity index (χ4v) is 6.21. The third-order valence-electron chi connectivity index (χ3n) is 7.94. The number of benzene rings is 1. The first kappa shape index (κ1) is 19.3. The summed E-state index contributed by atoms with van der Waals surface area (Å²) in [5.41, 5.74) is 1.43. The van der Waals surface area contributed by atoms with Gasteiger partial charge in [0.15, 0.2) is 0 Å². The van der Waals surface area contributed by atoms with Crippen LogP contribution >= 0.6 is 0 Å². The number of methoxy groups -OCH3 is 1. The van der Waals surface area contributed by atoms with Gasteiger partial charge in [-0.25, -0.2) is 0 Å². The number of hydrogen-bond donors (Lipinski definition) is 0. The molecule has 0 amide bonds. The van der Waals surface area contributed by atoms with Gasteiger partial charge in [-0.3, -0.25) is 0 Å². The molecule has 3 aliphatic rings. The summed E-state index contributed by atoms with van der Waals surface area (Å²) in [6, 6.07) is 9.52. The molecule has 1 aliphatic heterocycles. The van der Waals surface area contributed by atoms with Gasteiger partial charge in [-0.1, -0.05) is 50.8 Å². The molecule has 4 atom stereocenters. The summed E-state index contributed by atoms with van der Waals surface area (Å²) in [6.45, 7) is 5.04. The van der Waals surface area contributed by atoms with Crippen LogP contribution in [0, 0.1) is 17.8 Å². The molecule has 4 unspecified atom stereocenters. The van der Waals surface area contributed by atoms with Crippen molar-refractivity contribution in [2.45, 2.75) is 83.1 Å². The number of likely N-dealkylation sites (tertiary alicyclic amines) is 1. The van der Waals surface area contributed by atoms with Crippen molar-refractivity contribution in [1.29, 1.82) is 0 Å². The summed E-state index contributed by atoms with van der Waals surface area (Å²) < 4.78 is 5.62. The summed E-state index contributed by atoms with van der Waals surface area (Å²) in [6.07, 6.45) is 14.5. The number of para-hydroxylation sites is 1. The molecule has 1 aromatic carbocycles. The molecule has 2 aliphatic carbocycles. The Bertz CT molecular complexity index is 592. The third-order valence-corrected chi connectivity index (χ3v) is 7.94. The number of fused-ring (bicyclic) bond motifs is 2. The van der Waals surface area contributed by atoms with Crippen molar-refractivity contribution >= 4 is 0 Å². The van der Waals surface area contributed by atoms with Crippen LogP contribution in [-0.4, -0.2) is 31.1 Å². The van der Waals surface area contributed by atoms with Gasteiger partial charge in [-0.05, 0) is 86.9 Å². The molecule has 0 spiro atoms. The summed E-state index contributed by atoms with van der Waals surface area (Å²) in [7, 11) is 1.81. The van der Waals surface area contributed by atoms with E-state index >= 15 is 0 Å². The van der Waals surface area contributed by atoms with Gasteiger partial charge in [-0.2, -0.15) is 0 Å². The number of rotatable bonds is 3. The SMILES string of the molecule is COc1ccccc1C1CCN(C2CCC3CCC(C)CCC(C3)C2)CC1. The lowest BCUT2D eigenvalue weighted by atomic mass is 9.80. The zero-order valence-corrected chi connectivity index (χ0v) is 17.5. The Kier molecular flexibility index (Phi) is 6.42. The number of piperidine rings is 1. The lowest BCUT2D eigenvalue weighted by Crippen LogP contribution is -2.41. The average Bonchev–Trinajstić information content (AvgIpc) is 2.93. The second kappa shape index (κ2) is 8.99. The summed E-state index contributed by atoms with van der Waals surface area (Å²) in [5.74, 6) is 4.74. The molecule has 0 N–H and O–H groups in total. The number of ether oxygens (including phenoxy) is 1. The van der Waals surface area contributed by atoms with E-state index in [0.717, 1.165) is 29.5 Å². The van der Waals surface area contributed by atoms with Gasteiger partial charge < -0.3 is 9.64 Å². The van der Waals surface area contributed by atoms with E-state index in [-0.39, 0.29) is 0 Å². The minimum atomic E-state index is 0.676. The smallest absolute Gasteiger partial charge is 0.122 e. The molecule has 4 rings (SSSR count). The number of nitrogens with zero attached hydrogens (tertiary/aromatic N) is 1. The predicted molar refractivity (Wildman–Crippen MR) is 113 cm³/mol. The van der Waals surface area contributed by atoms with E-state index in [1.165, 1.54) is 82.9 Å². The highest BCUT2D eigenvalue weighted by atomic mass is 16.5. The van der Waals surface area contributed by atoms with Crippen molar-refractivity contribution in [3.05, 3.63) is 29.8 Å². The summed E-state index contributed by atoms with van der Waals surface area (Å²) in [5, 5.41) is 0. The molecule has 1 aromatic rings. The second-order valence-electron chi connectivity index (χ2n) is 9.75. The molecule has 3 fully saturated rings. The van der Waals surface area contributed by atoms with E-state index < -0.39 is 0 Å². The molecule has 2 saturated carbocycles. The Morgan fingerprint density at radius 3 is 2.30 bits per heavy atom. The minimum absolute atomic E-state index is 0.676. The minimum Gasteiger partial charge on any atom is -0.496 e. The molecule has 27 heavy (non-hydrogen) atoms. The zero-order chi connectivity index (χ0) is 18.6. The van der Waals surface area contributed by atoms with Crippen LogP contribution in [0.3, 0.4) is 0 Å². The second-order valence-corrected chi connectivity index (χ2v) is 9.75. The molecule has 2 bridgehead atoms. The van der Waals surface area contributed by atoms with E-state index in [2.05, 4.69) is 36.1 Å². The highest BCUT2D eigenvalue weighted by molar-refractivity contribution is 5.36. The maximum absolute atomic E-state index is 5.62. The highest BCUT2D eigenvalue weighted by Crippen LogP contribution is 2.41. The van der Waals surface area contributed by atoms with Crippen molar-refractivity contribution in [2.75, 3.05) is 20.2 Å². The average molecular weight is 370 g/mol. The fourth-order valence-electron chi connectivity index (χ4n) is 6.21. The largest absolute Gasteiger partial charge is 0.496 e. The molecular formula is C25H39NO. The van der Waals surface area contributed by atoms with Gasteiger partial charge in [0, 0.05) is 6.04 Å². The van der Waals surface area contributed by atoms with E-state index in [1.807, 2.05) is 7.11 Å². The van der Waals surface area contributed by atoms with E-state index in [1.54, 1.807) is 0 Å². The summed E-state index contributed by atoms with van der Waals surface area (Å²) >= 11 is 0. The van der Waals surface area contributed by atoms with Gasteiger partial charge in [0.25, 0.3) is 0 Å². The topological polar surface area (TPSA) is 12.5 Å². The maximum Gasteiger partial charge on any atom is 0.122 e. The molecule has 150 valence electrons. The maximum atomic E-state index is 5.62. The van der Waals surface area contributed by atoms with Crippen LogP contribution in [0.4, 0.5) is 0 Å². The van der Waals surface area contributed by atoms with Gasteiger partial charge >= 0.3 is 0 Å². The molecule has 1 saturated heterocycles. The number of hydrogen-bond acceptors (Lipinski definition) is 2. The van der Waals surface area contributed by atoms with Crippen molar-refractivity contribution in [3.63, 3.8) is 0 Å². The Morgan fingerprint density at radius 2 is 1.52 bits per heavy atom. The van der Waals surface area contributed by atoms with Crippen LogP contribution in [0.1, 0.15) is 82.6 Å². The van der Waals surface area contributed by atoms with Crippen LogP contribution in [0.5, 0.6) is 5.75 Å². The Labute approximate surface area is 166 Å². The first-order valence-electron chi connectivity index (χ1n) is 11.6. The first-order chi connectivity index (χ1) is 13.2. The van der Waals surface area contributed by atoms with Gasteiger partial charge in [0.1, 0.15) is 5.75 Å². The van der Waals surface area contributed by atoms with Gasteiger partial charge in [0.05, 0.1) is 7.11 Å². The Hall–Kier alpha value is -1.02. The van der Waals surface area contributed by atoms with Gasteiger partial charge in [-0.15, -0.1) is 0 Å². The Balaban J connectivity index is 1.36. The van der Waals surface area contributed by atoms with Crippen molar-refractivity contribution in [3.8, 4) is 5.75 Å². The van der Waals surface area contributed by atoms with Crippen LogP contribution in [0.2, 0.25) is 0 Å². The predicted octanol–water partition coefficient (Wildman–Crippen LogP) is 6.26. The highest BCUT2D eigenvalue weighted by Gasteiger charge is 2.33. The van der Waals surface area contributed by atoms with Crippen LogP contribution in [-0.2, 0) is 0 Å². The van der Waals surface area contributed by atoms with Crippen LogP contribution in [0.15, 0.2) is 24.3 Å². The molecule has 1 heterocycles. The van der Waals surface area contributed by atoms with Crippen LogP contribution < -0.4 is 4.74 Å². The summed E-state index contributed by atoms with van der Waals surface area (Å²) in [4.78, 5) is 2.86. The van der Waals surface area contributed by atoms with E-state index in [0.29, 0.717) is 5.92 Å². The zero-order valence-electron chi connectivity index (χ0n) is 17.5. The van der Waals surface area contributed by atoms with Crippen molar-refractivity contribution in [1.82, 2.24) is 4.90 Å². The van der Waals surface area contributed by atoms with Crippen LogP contribution in [0.25, 0.3) is 0 Å². The molecule has 2 nitrogen and oxygen atoms in total. The van der Waals surface area contributed by atoms with Crippen molar-refractivity contribution < 1.29 is 4.74 Å². The van der Waals surface area contributed by atoms with E-state index in [4.69, 9.17) is 4.74 Å². The quantitative estimate of drug-likeness (QED) is 0.623. The fraction of sp³-hybridized carbons (Fsp3) is 0.760. The molecular weight excluding hydrogens is 330 g/mol. The first-order valence-corrected chi connectivity index (χ1v) is 11.6. The van der Waals surface area contributed by atoms with E-state index in [9.17, 15) is 0 Å². The Morgan fingerprint density at radius 1 is 0.815 bits per heavy atom. The standard InChI is InChI=1S/C25H39NO/c1-19-7-9-20-11-12-23(18-21(17-20)10-8-19)26-15-13-22(14-16-26)24-5-3-4-6-25(24)27-2/h3-6,19-23H,7-18H2,1-2H3. The van der Waals surface area contributed by atoms with Gasteiger partial charge in [0.2, 0.25) is 0 Å². The lowest BCUT2D eigenvalue weighted by molar-refractivity contribution is 0.126. The molecule has 0 radical (unpaired) electrons. The monoisotopic (exact) mass is 369 g/mol. The molecule has 0 aromatic heterocycles. The normalized spacial score (nSPS) is 33.7. The molecule has 2 heteroatoms. The third kappa shape index (κ3) is 4.70. The van der Waals surface area contributed by atoms with Crippen molar-refractivity contribution in [2.24, 2.45) is 17.8 Å². The lowest BCUT2D eigenvalue weighted by Gasteiger charge is -2.38.